The third-order valence-electron chi connectivity index (χ3n) is 4.53. The molecule has 2 heterocycles. The van der Waals surface area contributed by atoms with Crippen molar-refractivity contribution in [1.82, 2.24) is 25.6 Å². The van der Waals surface area contributed by atoms with E-state index in [2.05, 4.69) is 20.9 Å². The van der Waals surface area contributed by atoms with Crippen LogP contribution in [0.15, 0.2) is 36.5 Å². The monoisotopic (exact) mass is 357 g/mol. The molecule has 8 heteroatoms. The Balaban J connectivity index is 1.71. The zero-order valence-electron chi connectivity index (χ0n) is 14.7. The van der Waals surface area contributed by atoms with E-state index in [1.54, 1.807) is 10.9 Å². The summed E-state index contributed by atoms with van der Waals surface area (Å²) in [6.07, 6.45) is 3.64. The number of hydrogen-bond donors (Lipinski definition) is 2. The zero-order valence-corrected chi connectivity index (χ0v) is 14.7. The number of nitrogens with zero attached hydrogens (tertiary/aromatic N) is 3. The molecule has 1 aromatic carbocycles. The van der Waals surface area contributed by atoms with Crippen molar-refractivity contribution < 1.29 is 14.3 Å². The van der Waals surface area contributed by atoms with Gasteiger partial charge in [-0.15, -0.1) is 5.10 Å². The number of hydrogen-bond acceptors (Lipinski definition) is 6. The van der Waals surface area contributed by atoms with Crippen LogP contribution in [0.4, 0.5) is 0 Å². The van der Waals surface area contributed by atoms with Crippen molar-refractivity contribution in [2.24, 2.45) is 0 Å². The molecule has 0 bridgehead atoms. The maximum Gasteiger partial charge on any atom is 0.307 e. The number of rotatable bonds is 6. The molecule has 0 saturated carbocycles. The number of benzene rings is 1. The normalized spacial score (nSPS) is 16.0. The molecule has 0 aliphatic carbocycles. The van der Waals surface area contributed by atoms with Crippen LogP contribution < -0.4 is 10.6 Å². The first-order valence-corrected chi connectivity index (χ1v) is 8.72. The van der Waals surface area contributed by atoms with E-state index in [0.29, 0.717) is 0 Å². The Hall–Kier alpha value is -2.74. The van der Waals surface area contributed by atoms with Gasteiger partial charge in [0.05, 0.1) is 31.8 Å². The summed E-state index contributed by atoms with van der Waals surface area (Å²) >= 11 is 0. The maximum absolute atomic E-state index is 12.6. The molecule has 0 spiro atoms. The van der Waals surface area contributed by atoms with Gasteiger partial charge in [-0.2, -0.15) is 0 Å². The highest BCUT2D eigenvalue weighted by atomic mass is 16.5. The number of ether oxygens (including phenoxy) is 1. The molecule has 3 rings (SSSR count). The molecular formula is C18H23N5O3. The van der Waals surface area contributed by atoms with Crippen molar-refractivity contribution in [2.45, 2.75) is 31.3 Å². The van der Waals surface area contributed by atoms with Gasteiger partial charge in [0.25, 0.3) is 5.91 Å². The number of piperidine rings is 1. The van der Waals surface area contributed by atoms with Gasteiger partial charge in [0.1, 0.15) is 0 Å². The molecule has 2 aromatic rings. The standard InChI is InChI=1S/C18H23N5O3/c1-26-17(24)11-15(13-5-3-2-4-6-13)20-18(25)16-12-23(22-21-16)14-7-9-19-10-8-14/h2-6,12,14-15,19H,7-11H2,1H3,(H,20,25). The van der Waals surface area contributed by atoms with Gasteiger partial charge < -0.3 is 15.4 Å². The molecule has 1 aliphatic rings. The fourth-order valence-electron chi connectivity index (χ4n) is 3.05. The predicted octanol–water partition coefficient (Wildman–Crippen LogP) is 1.24. The topological polar surface area (TPSA) is 98.1 Å². The highest BCUT2D eigenvalue weighted by molar-refractivity contribution is 5.92. The van der Waals surface area contributed by atoms with Gasteiger partial charge in [-0.05, 0) is 31.5 Å². The van der Waals surface area contributed by atoms with Crippen molar-refractivity contribution in [3.63, 3.8) is 0 Å². The average Bonchev–Trinajstić information content (AvgIpc) is 3.19. The van der Waals surface area contributed by atoms with E-state index in [1.165, 1.54) is 7.11 Å². The van der Waals surface area contributed by atoms with E-state index in [4.69, 9.17) is 4.74 Å². The first kappa shape index (κ1) is 18.1. The maximum atomic E-state index is 12.6. The number of methoxy groups -OCH3 is 1. The second-order valence-corrected chi connectivity index (χ2v) is 6.28. The van der Waals surface area contributed by atoms with Crippen LogP contribution in [0, 0.1) is 0 Å². The van der Waals surface area contributed by atoms with Gasteiger partial charge in [-0.25, -0.2) is 4.68 Å². The molecular weight excluding hydrogens is 334 g/mol. The van der Waals surface area contributed by atoms with E-state index < -0.39 is 12.0 Å². The van der Waals surface area contributed by atoms with Crippen LogP contribution in [0.1, 0.15) is 47.4 Å². The lowest BCUT2D eigenvalue weighted by Crippen LogP contribution is -2.31. The van der Waals surface area contributed by atoms with Gasteiger partial charge in [0, 0.05) is 0 Å². The van der Waals surface area contributed by atoms with Crippen molar-refractivity contribution in [2.75, 3.05) is 20.2 Å². The fourth-order valence-corrected chi connectivity index (χ4v) is 3.05. The largest absolute Gasteiger partial charge is 0.469 e. The summed E-state index contributed by atoms with van der Waals surface area (Å²) in [5.74, 6) is -0.750. The lowest BCUT2D eigenvalue weighted by Gasteiger charge is -2.22. The minimum atomic E-state index is -0.486. The highest BCUT2D eigenvalue weighted by Crippen LogP contribution is 2.19. The van der Waals surface area contributed by atoms with Crippen molar-refractivity contribution in [1.29, 1.82) is 0 Å². The second kappa shape index (κ2) is 8.57. The summed E-state index contributed by atoms with van der Waals surface area (Å²) < 4.78 is 6.50. The molecule has 0 radical (unpaired) electrons. The van der Waals surface area contributed by atoms with Gasteiger partial charge >= 0.3 is 5.97 Å². The SMILES string of the molecule is COC(=O)CC(NC(=O)c1cn(C2CCNCC2)nn1)c1ccccc1. The Labute approximate surface area is 151 Å². The van der Waals surface area contributed by atoms with E-state index in [1.807, 2.05) is 30.3 Å². The van der Waals surface area contributed by atoms with Gasteiger partial charge in [0.15, 0.2) is 5.69 Å². The summed E-state index contributed by atoms with van der Waals surface area (Å²) in [6.45, 7) is 1.86. The van der Waals surface area contributed by atoms with Crippen LogP contribution in [-0.2, 0) is 9.53 Å². The molecule has 1 amide bonds. The van der Waals surface area contributed by atoms with Crippen LogP contribution in [0.25, 0.3) is 0 Å². The van der Waals surface area contributed by atoms with E-state index in [0.717, 1.165) is 31.5 Å². The molecule has 1 aromatic heterocycles. The summed E-state index contributed by atoms with van der Waals surface area (Å²) in [7, 11) is 1.33. The summed E-state index contributed by atoms with van der Waals surface area (Å²) in [6, 6.07) is 9.09. The third kappa shape index (κ3) is 4.45. The Morgan fingerprint density at radius 3 is 2.73 bits per heavy atom. The number of carbonyl (C=O) groups is 2. The molecule has 2 N–H and O–H groups in total. The predicted molar refractivity (Wildman–Crippen MR) is 94.4 cm³/mol. The van der Waals surface area contributed by atoms with Gasteiger partial charge in [0.2, 0.25) is 0 Å². The minimum absolute atomic E-state index is 0.0503. The van der Waals surface area contributed by atoms with E-state index >= 15 is 0 Å². The minimum Gasteiger partial charge on any atom is -0.469 e. The van der Waals surface area contributed by atoms with Crippen LogP contribution in [0.5, 0.6) is 0 Å². The number of carbonyl (C=O) groups excluding carboxylic acids is 2. The summed E-state index contributed by atoms with van der Waals surface area (Å²) in [5, 5.41) is 14.3. The molecule has 8 nitrogen and oxygen atoms in total. The number of aromatic nitrogens is 3. The van der Waals surface area contributed by atoms with Crippen LogP contribution in [-0.4, -0.2) is 47.1 Å². The summed E-state index contributed by atoms with van der Waals surface area (Å²) in [4.78, 5) is 24.3. The molecule has 1 unspecified atom stereocenters. The fraction of sp³-hybridized carbons (Fsp3) is 0.444. The lowest BCUT2D eigenvalue weighted by molar-refractivity contribution is -0.141. The summed E-state index contributed by atoms with van der Waals surface area (Å²) in [5.41, 5.74) is 1.08. The van der Waals surface area contributed by atoms with Crippen LogP contribution >= 0.6 is 0 Å². The first-order valence-electron chi connectivity index (χ1n) is 8.72. The third-order valence-corrected chi connectivity index (χ3v) is 4.53. The van der Waals surface area contributed by atoms with Crippen LogP contribution in [0.3, 0.4) is 0 Å². The molecule has 1 saturated heterocycles. The molecule has 1 atom stereocenters. The first-order chi connectivity index (χ1) is 12.7. The number of nitrogens with one attached hydrogen (secondary N) is 2. The van der Waals surface area contributed by atoms with Crippen molar-refractivity contribution in [3.8, 4) is 0 Å². The number of amides is 1. The number of esters is 1. The molecule has 1 aliphatic heterocycles. The molecule has 1 fully saturated rings. The Bertz CT molecular complexity index is 740. The molecule has 138 valence electrons. The van der Waals surface area contributed by atoms with Crippen molar-refractivity contribution >= 4 is 11.9 Å². The van der Waals surface area contributed by atoms with Crippen molar-refractivity contribution in [3.05, 3.63) is 47.8 Å². The van der Waals surface area contributed by atoms with Gasteiger partial charge in [-0.1, -0.05) is 35.5 Å². The Kier molecular flexibility index (Phi) is 5.96. The Morgan fingerprint density at radius 1 is 1.31 bits per heavy atom. The zero-order chi connectivity index (χ0) is 18.4. The quantitative estimate of drug-likeness (QED) is 0.755. The van der Waals surface area contributed by atoms with E-state index in [-0.39, 0.29) is 24.1 Å². The molecule has 26 heavy (non-hydrogen) atoms. The lowest BCUT2D eigenvalue weighted by atomic mass is 10.0. The highest BCUT2D eigenvalue weighted by Gasteiger charge is 2.23. The Morgan fingerprint density at radius 2 is 2.04 bits per heavy atom. The smallest absolute Gasteiger partial charge is 0.307 e. The van der Waals surface area contributed by atoms with Crippen LogP contribution in [0.2, 0.25) is 0 Å². The van der Waals surface area contributed by atoms with E-state index in [9.17, 15) is 9.59 Å². The average molecular weight is 357 g/mol. The second-order valence-electron chi connectivity index (χ2n) is 6.28. The van der Waals surface area contributed by atoms with Gasteiger partial charge in [-0.3, -0.25) is 9.59 Å².